The molecule has 0 aliphatic carbocycles. The van der Waals surface area contributed by atoms with E-state index in [-0.39, 0.29) is 11.8 Å². The van der Waals surface area contributed by atoms with E-state index in [0.29, 0.717) is 18.0 Å². The summed E-state index contributed by atoms with van der Waals surface area (Å²) in [7, 11) is 0. The van der Waals surface area contributed by atoms with E-state index in [1.807, 2.05) is 24.3 Å². The first kappa shape index (κ1) is 21.8. The first-order chi connectivity index (χ1) is 13.9. The Balaban J connectivity index is 2.03. The number of hydrogen-bond acceptors (Lipinski definition) is 3. The quantitative estimate of drug-likeness (QED) is 0.588. The lowest BCUT2D eigenvalue weighted by molar-refractivity contribution is -0.119. The standard InChI is InChI=1S/C24H31ClN2O2/c1-17-7-3-11-22(23(17)19-8-4-10-21(25)15-19)24(29,12-6-14-27-18(2)28)20-9-5-13-26-16-20/h3-4,7-8,10-11,15,20,26,29H,5-6,9,12-14,16H2,1-2H3,(H,27,28)/t20-,24+/m1/s1. The maximum Gasteiger partial charge on any atom is 0.216 e. The second-order valence-electron chi connectivity index (χ2n) is 8.06. The number of piperidine rings is 1. The Morgan fingerprint density at radius 2 is 2.10 bits per heavy atom. The number of nitrogens with one attached hydrogen (secondary N) is 2. The highest BCUT2D eigenvalue weighted by atomic mass is 35.5. The molecular weight excluding hydrogens is 384 g/mol. The Hall–Kier alpha value is -1.88. The Labute approximate surface area is 178 Å². The van der Waals surface area contributed by atoms with Crippen molar-refractivity contribution in [2.75, 3.05) is 19.6 Å². The highest BCUT2D eigenvalue weighted by Crippen LogP contribution is 2.43. The smallest absolute Gasteiger partial charge is 0.216 e. The molecule has 1 fully saturated rings. The molecule has 0 bridgehead atoms. The van der Waals surface area contributed by atoms with Gasteiger partial charge in [-0.1, -0.05) is 41.9 Å². The van der Waals surface area contributed by atoms with Gasteiger partial charge in [0.2, 0.25) is 5.91 Å². The lowest BCUT2D eigenvalue weighted by atomic mass is 9.72. The minimum Gasteiger partial charge on any atom is -0.385 e. The predicted octanol–water partition coefficient (Wildman–Crippen LogP) is 4.42. The minimum absolute atomic E-state index is 0.0388. The molecule has 3 N–H and O–H groups in total. The van der Waals surface area contributed by atoms with E-state index in [2.05, 4.69) is 35.8 Å². The van der Waals surface area contributed by atoms with Crippen LogP contribution in [0.1, 0.15) is 43.7 Å². The number of aliphatic hydroxyl groups is 1. The number of benzene rings is 2. The molecule has 2 aromatic carbocycles. The molecule has 0 saturated carbocycles. The van der Waals surface area contributed by atoms with Crippen LogP contribution in [0.4, 0.5) is 0 Å². The van der Waals surface area contributed by atoms with Crippen LogP contribution in [0.2, 0.25) is 5.02 Å². The van der Waals surface area contributed by atoms with Crippen LogP contribution in [0.25, 0.3) is 11.1 Å². The van der Waals surface area contributed by atoms with Crippen molar-refractivity contribution < 1.29 is 9.90 Å². The SMILES string of the molecule is CC(=O)NCCC[C@@](O)(c1cccc(C)c1-c1cccc(Cl)c1)[C@@H]1CCCNC1. The van der Waals surface area contributed by atoms with Crippen molar-refractivity contribution in [3.63, 3.8) is 0 Å². The number of hydrogen-bond donors (Lipinski definition) is 3. The molecule has 156 valence electrons. The van der Waals surface area contributed by atoms with Gasteiger partial charge in [-0.3, -0.25) is 4.79 Å². The molecule has 0 unspecified atom stereocenters. The van der Waals surface area contributed by atoms with Crippen molar-refractivity contribution in [3.05, 3.63) is 58.6 Å². The molecule has 5 heteroatoms. The molecule has 1 heterocycles. The van der Waals surface area contributed by atoms with Crippen molar-refractivity contribution in [3.8, 4) is 11.1 Å². The van der Waals surface area contributed by atoms with Crippen molar-refractivity contribution in [1.29, 1.82) is 0 Å². The Morgan fingerprint density at radius 3 is 2.79 bits per heavy atom. The first-order valence-corrected chi connectivity index (χ1v) is 10.8. The van der Waals surface area contributed by atoms with Crippen LogP contribution in [0.5, 0.6) is 0 Å². The van der Waals surface area contributed by atoms with Gasteiger partial charge < -0.3 is 15.7 Å². The fourth-order valence-corrected chi connectivity index (χ4v) is 4.69. The van der Waals surface area contributed by atoms with Gasteiger partial charge in [0.15, 0.2) is 0 Å². The molecule has 0 radical (unpaired) electrons. The number of carbonyl (C=O) groups is 1. The zero-order valence-corrected chi connectivity index (χ0v) is 18.1. The van der Waals surface area contributed by atoms with E-state index >= 15 is 0 Å². The summed E-state index contributed by atoms with van der Waals surface area (Å²) in [5.41, 5.74) is 3.18. The molecule has 3 rings (SSSR count). The molecule has 1 aliphatic rings. The van der Waals surface area contributed by atoms with Crippen LogP contribution in [-0.2, 0) is 10.4 Å². The van der Waals surface area contributed by atoms with Gasteiger partial charge in [-0.2, -0.15) is 0 Å². The van der Waals surface area contributed by atoms with Crippen LogP contribution in [-0.4, -0.2) is 30.6 Å². The van der Waals surface area contributed by atoms with Crippen LogP contribution < -0.4 is 10.6 Å². The maximum absolute atomic E-state index is 12.1. The van der Waals surface area contributed by atoms with Gasteiger partial charge in [-0.25, -0.2) is 0 Å². The maximum atomic E-state index is 12.1. The van der Waals surface area contributed by atoms with Gasteiger partial charge in [0.25, 0.3) is 0 Å². The summed E-state index contributed by atoms with van der Waals surface area (Å²) in [5, 5.41) is 19.1. The fraction of sp³-hybridized carbons (Fsp3) is 0.458. The van der Waals surface area contributed by atoms with Crippen LogP contribution >= 0.6 is 11.6 Å². The summed E-state index contributed by atoms with van der Waals surface area (Å²) in [6, 6.07) is 14.0. The number of aryl methyl sites for hydroxylation is 1. The van der Waals surface area contributed by atoms with Gasteiger partial charge in [-0.15, -0.1) is 0 Å². The fourth-order valence-electron chi connectivity index (χ4n) is 4.50. The molecule has 1 amide bonds. The lowest BCUT2D eigenvalue weighted by Gasteiger charge is -2.41. The first-order valence-electron chi connectivity index (χ1n) is 10.5. The van der Waals surface area contributed by atoms with Crippen LogP contribution in [0.15, 0.2) is 42.5 Å². The Morgan fingerprint density at radius 1 is 1.31 bits per heavy atom. The Bertz CT molecular complexity index is 849. The zero-order valence-electron chi connectivity index (χ0n) is 17.3. The molecule has 4 nitrogen and oxygen atoms in total. The van der Waals surface area contributed by atoms with E-state index < -0.39 is 5.60 Å². The second kappa shape index (κ2) is 9.75. The summed E-state index contributed by atoms with van der Waals surface area (Å²) in [6.45, 7) is 5.95. The van der Waals surface area contributed by atoms with Gasteiger partial charge in [-0.05, 0) is 73.5 Å². The van der Waals surface area contributed by atoms with Gasteiger partial charge in [0, 0.05) is 31.0 Å². The van der Waals surface area contributed by atoms with Gasteiger partial charge in [0.05, 0.1) is 5.60 Å². The topological polar surface area (TPSA) is 61.4 Å². The van der Waals surface area contributed by atoms with Crippen molar-refractivity contribution >= 4 is 17.5 Å². The zero-order chi connectivity index (χ0) is 20.9. The predicted molar refractivity (Wildman–Crippen MR) is 119 cm³/mol. The second-order valence-corrected chi connectivity index (χ2v) is 8.50. The van der Waals surface area contributed by atoms with Crippen molar-refractivity contribution in [2.24, 2.45) is 5.92 Å². The largest absolute Gasteiger partial charge is 0.385 e. The summed E-state index contributed by atoms with van der Waals surface area (Å²) in [4.78, 5) is 11.3. The van der Waals surface area contributed by atoms with E-state index in [4.69, 9.17) is 11.6 Å². The number of carbonyl (C=O) groups excluding carboxylic acids is 1. The van der Waals surface area contributed by atoms with Crippen LogP contribution in [0, 0.1) is 12.8 Å². The molecule has 1 aliphatic heterocycles. The van der Waals surface area contributed by atoms with Gasteiger partial charge in [0.1, 0.15) is 0 Å². The molecular formula is C24H31ClN2O2. The van der Waals surface area contributed by atoms with E-state index in [1.54, 1.807) is 0 Å². The average Bonchev–Trinajstić information content (AvgIpc) is 2.71. The van der Waals surface area contributed by atoms with Gasteiger partial charge >= 0.3 is 0 Å². The number of rotatable bonds is 7. The third kappa shape index (κ3) is 5.19. The van der Waals surface area contributed by atoms with E-state index in [1.165, 1.54) is 6.92 Å². The molecule has 0 aromatic heterocycles. The van der Waals surface area contributed by atoms with Crippen LogP contribution in [0.3, 0.4) is 0 Å². The molecule has 29 heavy (non-hydrogen) atoms. The Kier molecular flexibility index (Phi) is 7.33. The highest BCUT2D eigenvalue weighted by molar-refractivity contribution is 6.30. The monoisotopic (exact) mass is 414 g/mol. The summed E-state index contributed by atoms with van der Waals surface area (Å²) < 4.78 is 0. The summed E-state index contributed by atoms with van der Waals surface area (Å²) in [5.74, 6) is 0.0800. The molecule has 1 saturated heterocycles. The third-order valence-electron chi connectivity index (χ3n) is 5.93. The summed E-state index contributed by atoms with van der Waals surface area (Å²) >= 11 is 6.28. The third-order valence-corrected chi connectivity index (χ3v) is 6.17. The van der Waals surface area contributed by atoms with E-state index in [9.17, 15) is 9.90 Å². The van der Waals surface area contributed by atoms with E-state index in [0.717, 1.165) is 54.6 Å². The lowest BCUT2D eigenvalue weighted by Crippen LogP contribution is -2.45. The number of halogens is 1. The van der Waals surface area contributed by atoms with Crippen molar-refractivity contribution in [2.45, 2.75) is 45.1 Å². The highest BCUT2D eigenvalue weighted by Gasteiger charge is 2.40. The average molecular weight is 415 g/mol. The molecule has 0 spiro atoms. The normalized spacial score (nSPS) is 18.8. The van der Waals surface area contributed by atoms with Crippen molar-refractivity contribution in [1.82, 2.24) is 10.6 Å². The molecule has 2 atom stereocenters. The number of amides is 1. The molecule has 2 aromatic rings. The summed E-state index contributed by atoms with van der Waals surface area (Å²) in [6.07, 6.45) is 3.34. The minimum atomic E-state index is -0.977.